The van der Waals surface area contributed by atoms with Gasteiger partial charge in [-0.25, -0.2) is 4.98 Å². The first-order valence-corrected chi connectivity index (χ1v) is 9.38. The molecule has 1 aliphatic heterocycles. The summed E-state index contributed by atoms with van der Waals surface area (Å²) in [7, 11) is 0. The molecule has 0 radical (unpaired) electrons. The molecule has 1 fully saturated rings. The van der Waals surface area contributed by atoms with Gasteiger partial charge in [0.05, 0.1) is 13.2 Å². The zero-order valence-electron chi connectivity index (χ0n) is 15.5. The number of hydrogen-bond acceptors (Lipinski definition) is 5. The number of aromatic amines is 1. The summed E-state index contributed by atoms with van der Waals surface area (Å²) < 4.78 is 11.8. The maximum Gasteiger partial charge on any atom is 0.251 e. The van der Waals surface area contributed by atoms with Gasteiger partial charge in [-0.2, -0.15) is 0 Å². The van der Waals surface area contributed by atoms with Gasteiger partial charge in [0.2, 0.25) is 0 Å². The molecule has 0 atom stereocenters. The first-order chi connectivity index (χ1) is 12.7. The number of hydrogen-bond donors (Lipinski definition) is 1. The van der Waals surface area contributed by atoms with Crippen LogP contribution in [0.15, 0.2) is 35.1 Å². The van der Waals surface area contributed by atoms with Crippen LogP contribution in [0.2, 0.25) is 0 Å². The van der Waals surface area contributed by atoms with Crippen LogP contribution >= 0.6 is 0 Å². The Balaban J connectivity index is 1.55. The fraction of sp³-hybridized carbons (Fsp3) is 0.500. The molecule has 6 nitrogen and oxygen atoms in total. The molecular weight excluding hydrogens is 330 g/mol. The number of H-pyrrole nitrogens is 1. The van der Waals surface area contributed by atoms with Crippen molar-refractivity contribution >= 4 is 0 Å². The van der Waals surface area contributed by atoms with Gasteiger partial charge in [0.15, 0.2) is 11.5 Å². The Bertz CT molecular complexity index is 767. The van der Waals surface area contributed by atoms with Gasteiger partial charge in [-0.3, -0.25) is 9.69 Å². The number of aryl methyl sites for hydroxylation is 1. The molecule has 140 valence electrons. The maximum absolute atomic E-state index is 11.7. The Kier molecular flexibility index (Phi) is 6.28. The van der Waals surface area contributed by atoms with E-state index in [4.69, 9.17) is 9.47 Å². The standard InChI is InChI=1S/C20H27N3O3/c1-3-15-13-20(24)22-19(21-15)14-23-11-9-16(10-12-23)26-18-8-6-5-7-17(18)25-4-2/h5-8,13,16H,3-4,9-12,14H2,1-2H3,(H,21,22,24). The van der Waals surface area contributed by atoms with Gasteiger partial charge >= 0.3 is 0 Å². The zero-order chi connectivity index (χ0) is 18.4. The van der Waals surface area contributed by atoms with Crippen LogP contribution in [0, 0.1) is 0 Å². The minimum atomic E-state index is -0.0717. The highest BCUT2D eigenvalue weighted by molar-refractivity contribution is 5.39. The van der Waals surface area contributed by atoms with Gasteiger partial charge in [-0.15, -0.1) is 0 Å². The molecule has 26 heavy (non-hydrogen) atoms. The van der Waals surface area contributed by atoms with E-state index in [1.807, 2.05) is 38.1 Å². The summed E-state index contributed by atoms with van der Waals surface area (Å²) >= 11 is 0. The van der Waals surface area contributed by atoms with E-state index in [1.54, 1.807) is 6.07 Å². The molecule has 2 aromatic rings. The number of para-hydroxylation sites is 2. The summed E-state index contributed by atoms with van der Waals surface area (Å²) in [6.07, 6.45) is 2.84. The fourth-order valence-electron chi connectivity index (χ4n) is 3.22. The van der Waals surface area contributed by atoms with Gasteiger partial charge in [0.25, 0.3) is 5.56 Å². The van der Waals surface area contributed by atoms with Crippen molar-refractivity contribution in [1.29, 1.82) is 0 Å². The Morgan fingerprint density at radius 1 is 1.19 bits per heavy atom. The van der Waals surface area contributed by atoms with Crippen molar-refractivity contribution < 1.29 is 9.47 Å². The molecule has 1 aromatic heterocycles. The van der Waals surface area contributed by atoms with Crippen LogP contribution in [0.25, 0.3) is 0 Å². The van der Waals surface area contributed by atoms with Crippen LogP contribution in [-0.4, -0.2) is 40.7 Å². The molecule has 1 aliphatic rings. The Hall–Kier alpha value is -2.34. The first kappa shape index (κ1) is 18.5. The third-order valence-electron chi connectivity index (χ3n) is 4.56. The van der Waals surface area contributed by atoms with E-state index >= 15 is 0 Å². The predicted molar refractivity (Wildman–Crippen MR) is 101 cm³/mol. The van der Waals surface area contributed by atoms with Crippen LogP contribution < -0.4 is 15.0 Å². The second-order valence-corrected chi connectivity index (χ2v) is 6.51. The van der Waals surface area contributed by atoms with Gasteiger partial charge in [-0.1, -0.05) is 19.1 Å². The highest BCUT2D eigenvalue weighted by Crippen LogP contribution is 2.29. The van der Waals surface area contributed by atoms with Crippen molar-refractivity contribution in [3.05, 3.63) is 52.2 Å². The van der Waals surface area contributed by atoms with Crippen molar-refractivity contribution in [1.82, 2.24) is 14.9 Å². The predicted octanol–water partition coefficient (Wildman–Crippen LogP) is 2.77. The average molecular weight is 357 g/mol. The van der Waals surface area contributed by atoms with E-state index in [1.165, 1.54) is 0 Å². The molecule has 0 unspecified atom stereocenters. The molecule has 0 spiro atoms. The summed E-state index contributed by atoms with van der Waals surface area (Å²) in [5.41, 5.74) is 0.770. The molecule has 0 aliphatic carbocycles. The smallest absolute Gasteiger partial charge is 0.251 e. The summed E-state index contributed by atoms with van der Waals surface area (Å²) in [5, 5.41) is 0. The molecule has 6 heteroatoms. The highest BCUT2D eigenvalue weighted by atomic mass is 16.5. The summed E-state index contributed by atoms with van der Waals surface area (Å²) in [5.74, 6) is 2.36. The van der Waals surface area contributed by atoms with Gasteiger partial charge in [0.1, 0.15) is 11.9 Å². The Morgan fingerprint density at radius 3 is 2.62 bits per heavy atom. The number of nitrogens with one attached hydrogen (secondary N) is 1. The van der Waals surface area contributed by atoms with Crippen molar-refractivity contribution in [3.63, 3.8) is 0 Å². The van der Waals surface area contributed by atoms with E-state index in [9.17, 15) is 4.79 Å². The van der Waals surface area contributed by atoms with Gasteiger partial charge in [0, 0.05) is 24.8 Å². The van der Waals surface area contributed by atoms with E-state index in [2.05, 4.69) is 14.9 Å². The number of benzene rings is 1. The Morgan fingerprint density at radius 2 is 1.92 bits per heavy atom. The number of ether oxygens (including phenoxy) is 2. The van der Waals surface area contributed by atoms with E-state index in [-0.39, 0.29) is 11.7 Å². The van der Waals surface area contributed by atoms with Gasteiger partial charge < -0.3 is 14.5 Å². The molecule has 0 amide bonds. The maximum atomic E-state index is 11.7. The lowest BCUT2D eigenvalue weighted by Crippen LogP contribution is -2.38. The fourth-order valence-corrected chi connectivity index (χ4v) is 3.22. The SMILES string of the molecule is CCOc1ccccc1OC1CCN(Cc2nc(CC)cc(=O)[nH]2)CC1. The number of nitrogens with zero attached hydrogens (tertiary/aromatic N) is 2. The van der Waals surface area contributed by atoms with Crippen molar-refractivity contribution in [2.75, 3.05) is 19.7 Å². The van der Waals surface area contributed by atoms with Crippen molar-refractivity contribution in [2.45, 2.75) is 45.8 Å². The van der Waals surface area contributed by atoms with Crippen LogP contribution in [0.5, 0.6) is 11.5 Å². The highest BCUT2D eigenvalue weighted by Gasteiger charge is 2.22. The quantitative estimate of drug-likeness (QED) is 0.825. The average Bonchev–Trinajstić information content (AvgIpc) is 2.64. The number of likely N-dealkylation sites (tertiary alicyclic amines) is 1. The third-order valence-corrected chi connectivity index (χ3v) is 4.56. The first-order valence-electron chi connectivity index (χ1n) is 9.38. The molecule has 1 aromatic carbocycles. The van der Waals surface area contributed by atoms with Crippen molar-refractivity contribution in [2.24, 2.45) is 0 Å². The normalized spacial score (nSPS) is 15.8. The molecule has 1 saturated heterocycles. The zero-order valence-corrected chi connectivity index (χ0v) is 15.5. The minimum absolute atomic E-state index is 0.0717. The third kappa shape index (κ3) is 4.85. The monoisotopic (exact) mass is 357 g/mol. The van der Waals surface area contributed by atoms with Crippen LogP contribution in [0.3, 0.4) is 0 Å². The second-order valence-electron chi connectivity index (χ2n) is 6.51. The molecule has 3 rings (SSSR count). The van der Waals surface area contributed by atoms with E-state index < -0.39 is 0 Å². The largest absolute Gasteiger partial charge is 0.490 e. The summed E-state index contributed by atoms with van der Waals surface area (Å²) in [6, 6.07) is 9.40. The molecule has 1 N–H and O–H groups in total. The topological polar surface area (TPSA) is 67.5 Å². The number of piperidine rings is 1. The summed E-state index contributed by atoms with van der Waals surface area (Å²) in [6.45, 7) is 7.12. The summed E-state index contributed by atoms with van der Waals surface area (Å²) in [4.78, 5) is 21.4. The molecular formula is C20H27N3O3. The second kappa shape index (κ2) is 8.85. The molecule has 0 saturated carbocycles. The molecule has 2 heterocycles. The minimum Gasteiger partial charge on any atom is -0.490 e. The lowest BCUT2D eigenvalue weighted by molar-refractivity contribution is 0.0922. The van der Waals surface area contributed by atoms with E-state index in [0.717, 1.165) is 55.4 Å². The number of rotatable bonds is 7. The van der Waals surface area contributed by atoms with Crippen LogP contribution in [-0.2, 0) is 13.0 Å². The van der Waals surface area contributed by atoms with Gasteiger partial charge in [-0.05, 0) is 38.3 Å². The number of aromatic nitrogens is 2. The van der Waals surface area contributed by atoms with Crippen LogP contribution in [0.1, 0.15) is 38.2 Å². The lowest BCUT2D eigenvalue weighted by Gasteiger charge is -2.32. The van der Waals surface area contributed by atoms with Crippen LogP contribution in [0.4, 0.5) is 0 Å². The molecule has 0 bridgehead atoms. The van der Waals surface area contributed by atoms with Crippen molar-refractivity contribution in [3.8, 4) is 11.5 Å². The lowest BCUT2D eigenvalue weighted by atomic mass is 10.1. The van der Waals surface area contributed by atoms with E-state index in [0.29, 0.717) is 13.2 Å². The Labute approximate surface area is 154 Å².